The van der Waals surface area contributed by atoms with Gasteiger partial charge < -0.3 is 20.2 Å². The first-order valence-electron chi connectivity index (χ1n) is 12.2. The van der Waals surface area contributed by atoms with Gasteiger partial charge in [-0.25, -0.2) is 28.1 Å². The molecule has 2 N–H and O–H groups in total. The van der Waals surface area contributed by atoms with Crippen molar-refractivity contribution >= 4 is 34.2 Å². The monoisotopic (exact) mass is 501 g/mol. The second-order valence-electron chi connectivity index (χ2n) is 10.1. The van der Waals surface area contributed by atoms with Crippen molar-refractivity contribution in [2.75, 3.05) is 41.3 Å². The van der Waals surface area contributed by atoms with E-state index >= 15 is 0 Å². The molecule has 0 amide bonds. The van der Waals surface area contributed by atoms with Crippen molar-refractivity contribution in [1.29, 1.82) is 0 Å². The number of rotatable bonds is 5. The molecule has 0 spiro atoms. The smallest absolute Gasteiger partial charge is 0.227 e. The quantitative estimate of drug-likeness (QED) is 0.541. The van der Waals surface area contributed by atoms with Crippen LogP contribution in [0, 0.1) is 0 Å². The molecule has 5 heterocycles. The fraction of sp³-hybridized carbons (Fsp3) is 0.520. The highest BCUT2D eigenvalue weighted by atomic mass is 19.2. The first-order valence-corrected chi connectivity index (χ1v) is 12.2. The van der Waals surface area contributed by atoms with E-state index in [0.717, 1.165) is 16.3 Å². The van der Waals surface area contributed by atoms with Crippen molar-refractivity contribution < 1.29 is 18.3 Å². The predicted octanol–water partition coefficient (Wildman–Crippen LogP) is 4.08. The van der Waals surface area contributed by atoms with Gasteiger partial charge in [0.15, 0.2) is 18.0 Å². The lowest BCUT2D eigenvalue weighted by molar-refractivity contribution is -0.00860. The minimum absolute atomic E-state index is 0.00462. The van der Waals surface area contributed by atoms with Crippen LogP contribution in [0.15, 0.2) is 30.7 Å². The Morgan fingerprint density at radius 1 is 1.06 bits per heavy atom. The minimum Gasteiger partial charge on any atom is -0.390 e. The van der Waals surface area contributed by atoms with Crippen molar-refractivity contribution in [3.8, 4) is 0 Å². The highest BCUT2D eigenvalue weighted by Gasteiger charge is 2.40. The van der Waals surface area contributed by atoms with Crippen molar-refractivity contribution in [2.45, 2.75) is 57.2 Å². The number of aliphatic hydroxyl groups excluding tert-OH is 1. The van der Waals surface area contributed by atoms with E-state index < -0.39 is 24.1 Å². The molecule has 5 rings (SSSR count). The van der Waals surface area contributed by atoms with Gasteiger partial charge in [-0.1, -0.05) is 13.8 Å². The molecule has 3 aromatic heterocycles. The second kappa shape index (κ2) is 9.34. The summed E-state index contributed by atoms with van der Waals surface area (Å²) in [6.45, 7) is 5.85. The third-order valence-corrected chi connectivity index (χ3v) is 6.93. The number of hydrogen-bond donors (Lipinski definition) is 2. The summed E-state index contributed by atoms with van der Waals surface area (Å²) < 4.78 is 42.4. The van der Waals surface area contributed by atoms with Gasteiger partial charge in [0.25, 0.3) is 0 Å². The zero-order chi connectivity index (χ0) is 25.6. The molecule has 0 radical (unpaired) electrons. The van der Waals surface area contributed by atoms with Crippen LogP contribution in [0.5, 0.6) is 0 Å². The molecule has 11 heteroatoms. The van der Waals surface area contributed by atoms with E-state index in [9.17, 15) is 18.3 Å². The van der Waals surface area contributed by atoms with Gasteiger partial charge in [0.1, 0.15) is 17.5 Å². The highest BCUT2D eigenvalue weighted by molar-refractivity contribution is 5.95. The molecule has 0 aromatic carbocycles. The van der Waals surface area contributed by atoms with E-state index in [-0.39, 0.29) is 32.0 Å². The summed E-state index contributed by atoms with van der Waals surface area (Å²) in [5, 5.41) is 14.7. The van der Waals surface area contributed by atoms with E-state index in [2.05, 4.69) is 39.1 Å². The van der Waals surface area contributed by atoms with Crippen LogP contribution in [-0.2, 0) is 0 Å². The first kappa shape index (κ1) is 24.5. The first-order chi connectivity index (χ1) is 17.1. The standard InChI is InChI=1S/C25H30F3N7O/c1-14(2)16-9-31-23(35-11-18(26)19(27)12-35)17-10-30-22(8-15(16)17)32-21-4-6-29-24(33-21)34-7-5-20(36)25(3,28)13-34/h4,6,8-10,14,18-20,36H,5,7,11-13H2,1-3H3,(H,29,30,32,33)/t18-,19+,20-,25+/m1/s1. The Labute approximate surface area is 207 Å². The van der Waals surface area contributed by atoms with Gasteiger partial charge in [0.2, 0.25) is 5.95 Å². The number of alkyl halides is 3. The maximum Gasteiger partial charge on any atom is 0.227 e. The maximum absolute atomic E-state index is 14.7. The molecule has 0 unspecified atom stereocenters. The number of aliphatic hydroxyl groups is 1. The van der Waals surface area contributed by atoms with Gasteiger partial charge >= 0.3 is 0 Å². The number of halogens is 3. The van der Waals surface area contributed by atoms with E-state index in [1.54, 1.807) is 34.5 Å². The number of aromatic nitrogens is 4. The zero-order valence-corrected chi connectivity index (χ0v) is 20.5. The number of anilines is 4. The lowest BCUT2D eigenvalue weighted by Crippen LogP contribution is -2.52. The van der Waals surface area contributed by atoms with Gasteiger partial charge in [-0.15, -0.1) is 0 Å². The molecule has 3 aromatic rings. The Morgan fingerprint density at radius 3 is 2.50 bits per heavy atom. The third kappa shape index (κ3) is 4.63. The number of pyridine rings is 2. The van der Waals surface area contributed by atoms with Crippen molar-refractivity contribution in [3.63, 3.8) is 0 Å². The fourth-order valence-electron chi connectivity index (χ4n) is 4.83. The Hall–Kier alpha value is -3.21. The normalized spacial score (nSPS) is 26.7. The molecule has 2 aliphatic rings. The lowest BCUT2D eigenvalue weighted by atomic mass is 9.94. The summed E-state index contributed by atoms with van der Waals surface area (Å²) in [4.78, 5) is 21.2. The zero-order valence-electron chi connectivity index (χ0n) is 20.5. The van der Waals surface area contributed by atoms with Gasteiger partial charge in [-0.2, -0.15) is 4.98 Å². The number of fused-ring (bicyclic) bond motifs is 1. The van der Waals surface area contributed by atoms with Crippen molar-refractivity contribution in [2.24, 2.45) is 0 Å². The van der Waals surface area contributed by atoms with Crippen molar-refractivity contribution in [1.82, 2.24) is 19.9 Å². The molecule has 2 aliphatic heterocycles. The topological polar surface area (TPSA) is 90.3 Å². The molecule has 8 nitrogen and oxygen atoms in total. The molecule has 192 valence electrons. The summed E-state index contributed by atoms with van der Waals surface area (Å²) in [5.41, 5.74) is -0.756. The summed E-state index contributed by atoms with van der Waals surface area (Å²) in [6, 6.07) is 3.57. The molecule has 2 fully saturated rings. The molecule has 2 saturated heterocycles. The predicted molar refractivity (Wildman–Crippen MR) is 133 cm³/mol. The summed E-state index contributed by atoms with van der Waals surface area (Å²) >= 11 is 0. The van der Waals surface area contributed by atoms with E-state index in [1.807, 2.05) is 6.07 Å². The number of hydrogen-bond acceptors (Lipinski definition) is 8. The second-order valence-corrected chi connectivity index (χ2v) is 10.1. The van der Waals surface area contributed by atoms with Crippen LogP contribution < -0.4 is 15.1 Å². The Bertz CT molecular complexity index is 1250. The lowest BCUT2D eigenvalue weighted by Gasteiger charge is -2.38. The fourth-order valence-corrected chi connectivity index (χ4v) is 4.83. The SMILES string of the molecule is CC(C)c1cnc(N2C[C@@H](F)[C@@H](F)C2)c2cnc(Nc3ccnc(N4CC[C@@H](O)[C@@](C)(F)C4)n3)cc12. The Kier molecular flexibility index (Phi) is 6.36. The molecular formula is C25H30F3N7O. The Morgan fingerprint density at radius 2 is 1.81 bits per heavy atom. The maximum atomic E-state index is 14.7. The molecular weight excluding hydrogens is 471 g/mol. The molecule has 0 saturated carbocycles. The largest absolute Gasteiger partial charge is 0.390 e. The molecule has 0 bridgehead atoms. The molecule has 4 atom stereocenters. The van der Waals surface area contributed by atoms with Crippen LogP contribution in [0.25, 0.3) is 10.8 Å². The average Bonchev–Trinajstić information content (AvgIpc) is 3.17. The number of piperidine rings is 1. The Balaban J connectivity index is 1.44. The number of nitrogens with zero attached hydrogens (tertiary/aromatic N) is 6. The number of nitrogens with one attached hydrogen (secondary N) is 1. The average molecular weight is 502 g/mol. The van der Waals surface area contributed by atoms with Crippen LogP contribution >= 0.6 is 0 Å². The van der Waals surface area contributed by atoms with Gasteiger partial charge in [-0.3, -0.25) is 0 Å². The molecule has 0 aliphatic carbocycles. The van der Waals surface area contributed by atoms with Crippen LogP contribution in [0.4, 0.5) is 36.6 Å². The van der Waals surface area contributed by atoms with E-state index in [4.69, 9.17) is 0 Å². The third-order valence-electron chi connectivity index (χ3n) is 6.93. The van der Waals surface area contributed by atoms with Crippen LogP contribution in [-0.4, -0.2) is 75.3 Å². The van der Waals surface area contributed by atoms with E-state index in [1.165, 1.54) is 6.92 Å². The minimum atomic E-state index is -1.75. The van der Waals surface area contributed by atoms with Crippen LogP contribution in [0.1, 0.15) is 38.7 Å². The summed E-state index contributed by atoms with van der Waals surface area (Å²) in [5.74, 6) is 2.06. The van der Waals surface area contributed by atoms with Crippen molar-refractivity contribution in [3.05, 3.63) is 36.3 Å². The summed E-state index contributed by atoms with van der Waals surface area (Å²) in [6.07, 6.45) is 1.20. The van der Waals surface area contributed by atoms with Crippen LogP contribution in [0.2, 0.25) is 0 Å². The van der Waals surface area contributed by atoms with Gasteiger partial charge in [0.05, 0.1) is 25.7 Å². The molecule has 36 heavy (non-hydrogen) atoms. The van der Waals surface area contributed by atoms with E-state index in [0.29, 0.717) is 29.9 Å². The summed E-state index contributed by atoms with van der Waals surface area (Å²) in [7, 11) is 0. The van der Waals surface area contributed by atoms with Crippen LogP contribution in [0.3, 0.4) is 0 Å². The van der Waals surface area contributed by atoms with Gasteiger partial charge in [0, 0.05) is 30.5 Å². The highest BCUT2D eigenvalue weighted by Crippen LogP contribution is 2.35. The van der Waals surface area contributed by atoms with Gasteiger partial charge in [-0.05, 0) is 42.3 Å².